The molecule has 3 aromatic rings. The first-order valence-electron chi connectivity index (χ1n) is 9.58. The number of ether oxygens (including phenoxy) is 1. The molecule has 1 heterocycles. The van der Waals surface area contributed by atoms with Crippen LogP contribution in [-0.2, 0) is 10.5 Å². The lowest BCUT2D eigenvalue weighted by atomic mass is 10.2. The van der Waals surface area contributed by atoms with Crippen molar-refractivity contribution in [3.05, 3.63) is 65.2 Å². The van der Waals surface area contributed by atoms with Crippen molar-refractivity contribution in [2.24, 2.45) is 0 Å². The maximum Gasteiger partial charge on any atom is 0.258 e. The van der Waals surface area contributed by atoms with E-state index in [1.807, 2.05) is 29.6 Å². The van der Waals surface area contributed by atoms with Crippen molar-refractivity contribution in [3.8, 4) is 5.75 Å². The lowest BCUT2D eigenvalue weighted by Crippen LogP contribution is -2.14. The summed E-state index contributed by atoms with van der Waals surface area (Å²) in [5.74, 6) is 2.30. The Morgan fingerprint density at radius 3 is 2.61 bits per heavy atom. The van der Waals surface area contributed by atoms with E-state index < -0.39 is 0 Å². The highest BCUT2D eigenvalue weighted by atomic mass is 32.2. The third-order valence-electron chi connectivity index (χ3n) is 4.06. The average molecular weight is 474 g/mol. The number of hydrogen-bond donors (Lipinski definition) is 2. The summed E-state index contributed by atoms with van der Waals surface area (Å²) in [6.07, 6.45) is 0. The van der Waals surface area contributed by atoms with Gasteiger partial charge in [0, 0.05) is 21.7 Å². The summed E-state index contributed by atoms with van der Waals surface area (Å²) in [5.41, 5.74) is 2.21. The van der Waals surface area contributed by atoms with Gasteiger partial charge in [0.2, 0.25) is 5.91 Å². The third-order valence-corrected chi connectivity index (χ3v) is 6.79. The van der Waals surface area contributed by atoms with E-state index in [9.17, 15) is 9.59 Å². The molecule has 2 aromatic carbocycles. The van der Waals surface area contributed by atoms with Crippen molar-refractivity contribution < 1.29 is 14.3 Å². The normalized spacial score (nSPS) is 10.5. The minimum absolute atomic E-state index is 0.0797. The van der Waals surface area contributed by atoms with E-state index in [0.717, 1.165) is 27.8 Å². The van der Waals surface area contributed by atoms with Gasteiger partial charge in [0.15, 0.2) is 5.13 Å². The molecule has 0 aliphatic carbocycles. The molecule has 0 atom stereocenters. The Labute approximate surface area is 194 Å². The Hall–Kier alpha value is -2.49. The number of carbonyl (C=O) groups is 2. The molecule has 6 nitrogen and oxygen atoms in total. The molecule has 0 bridgehead atoms. The van der Waals surface area contributed by atoms with Gasteiger partial charge in [0.05, 0.1) is 24.1 Å². The molecule has 3 rings (SSSR count). The summed E-state index contributed by atoms with van der Waals surface area (Å²) in [7, 11) is 1.60. The van der Waals surface area contributed by atoms with Gasteiger partial charge in [0.25, 0.3) is 5.91 Å². The van der Waals surface area contributed by atoms with Crippen LogP contribution in [0, 0.1) is 0 Å². The van der Waals surface area contributed by atoms with E-state index in [1.165, 1.54) is 23.1 Å². The molecule has 1 aromatic heterocycles. The molecule has 9 heteroatoms. The zero-order valence-corrected chi connectivity index (χ0v) is 19.7. The van der Waals surface area contributed by atoms with Gasteiger partial charge in [-0.25, -0.2) is 4.98 Å². The first kappa shape index (κ1) is 23.2. The number of thioether (sulfide) groups is 2. The van der Waals surface area contributed by atoms with Crippen LogP contribution in [0.25, 0.3) is 0 Å². The second-order valence-corrected chi connectivity index (χ2v) is 9.45. The van der Waals surface area contributed by atoms with Crippen molar-refractivity contribution in [1.82, 2.24) is 4.98 Å². The highest BCUT2D eigenvalue weighted by Gasteiger charge is 2.13. The quantitative estimate of drug-likeness (QED) is 0.385. The van der Waals surface area contributed by atoms with E-state index in [-0.39, 0.29) is 11.8 Å². The molecular weight excluding hydrogens is 450 g/mol. The second kappa shape index (κ2) is 11.8. The summed E-state index contributed by atoms with van der Waals surface area (Å²) < 4.78 is 5.11. The van der Waals surface area contributed by atoms with Crippen LogP contribution >= 0.6 is 34.9 Å². The number of rotatable bonds is 10. The predicted octanol–water partition coefficient (Wildman–Crippen LogP) is 5.39. The molecule has 2 amide bonds. The van der Waals surface area contributed by atoms with Crippen LogP contribution in [0.15, 0.2) is 58.8 Å². The van der Waals surface area contributed by atoms with Gasteiger partial charge in [-0.05, 0) is 42.2 Å². The van der Waals surface area contributed by atoms with E-state index in [4.69, 9.17) is 4.74 Å². The molecular formula is C22H23N3O3S3. The van der Waals surface area contributed by atoms with Crippen LogP contribution in [0.2, 0.25) is 0 Å². The van der Waals surface area contributed by atoms with Crippen LogP contribution in [0.4, 0.5) is 10.8 Å². The summed E-state index contributed by atoms with van der Waals surface area (Å²) in [5, 5.41) is 8.18. The van der Waals surface area contributed by atoms with Crippen molar-refractivity contribution >= 4 is 57.5 Å². The molecule has 0 radical (unpaired) electrons. The van der Waals surface area contributed by atoms with Crippen LogP contribution in [-0.4, -0.2) is 35.4 Å². The molecule has 0 fully saturated rings. The summed E-state index contributed by atoms with van der Waals surface area (Å²) in [6.45, 7) is 2.06. The predicted molar refractivity (Wildman–Crippen MR) is 131 cm³/mol. The number of benzene rings is 2. The number of hydrogen-bond acceptors (Lipinski definition) is 7. The highest BCUT2D eigenvalue weighted by Crippen LogP contribution is 2.25. The third kappa shape index (κ3) is 7.02. The minimum Gasteiger partial charge on any atom is -0.497 e. The molecule has 0 saturated carbocycles. The fourth-order valence-corrected chi connectivity index (χ4v) is 4.98. The fourth-order valence-electron chi connectivity index (χ4n) is 2.65. The zero-order chi connectivity index (χ0) is 22.1. The maximum atomic E-state index is 12.6. The monoisotopic (exact) mass is 473 g/mol. The van der Waals surface area contributed by atoms with Gasteiger partial charge in [-0.3, -0.25) is 14.9 Å². The Kier molecular flexibility index (Phi) is 8.81. The summed E-state index contributed by atoms with van der Waals surface area (Å²) >= 11 is 4.49. The molecule has 0 aliphatic rings. The molecule has 0 aliphatic heterocycles. The Morgan fingerprint density at radius 2 is 1.87 bits per heavy atom. The topological polar surface area (TPSA) is 80.3 Å². The number of nitrogens with zero attached hydrogens (tertiary/aromatic N) is 1. The molecule has 2 N–H and O–H groups in total. The summed E-state index contributed by atoms with van der Waals surface area (Å²) in [4.78, 5) is 30.1. The molecule has 0 saturated heterocycles. The standard InChI is InChI=1S/C22H23N3O3S3/c1-3-30-19-7-5-4-6-18(19)21(27)25-22-24-16(13-31-22)12-29-14-20(26)23-15-8-10-17(28-2)11-9-15/h4-11,13H,3,12,14H2,1-2H3,(H,23,26)(H,24,25,27). The van der Waals surface area contributed by atoms with Crippen LogP contribution in [0.3, 0.4) is 0 Å². The summed E-state index contributed by atoms with van der Waals surface area (Å²) in [6, 6.07) is 14.7. The molecule has 0 unspecified atom stereocenters. The maximum absolute atomic E-state index is 12.6. The Balaban J connectivity index is 1.46. The minimum atomic E-state index is -0.163. The first-order chi connectivity index (χ1) is 15.1. The molecule has 31 heavy (non-hydrogen) atoms. The zero-order valence-electron chi connectivity index (χ0n) is 17.2. The smallest absolute Gasteiger partial charge is 0.258 e. The average Bonchev–Trinajstić information content (AvgIpc) is 3.22. The number of methoxy groups -OCH3 is 1. The van der Waals surface area contributed by atoms with Crippen LogP contribution in [0.5, 0.6) is 5.75 Å². The number of nitrogens with one attached hydrogen (secondary N) is 2. The van der Waals surface area contributed by atoms with Crippen molar-refractivity contribution in [1.29, 1.82) is 0 Å². The number of anilines is 2. The number of aromatic nitrogens is 1. The van der Waals surface area contributed by atoms with Gasteiger partial charge in [-0.15, -0.1) is 34.9 Å². The van der Waals surface area contributed by atoms with E-state index in [2.05, 4.69) is 22.5 Å². The van der Waals surface area contributed by atoms with Gasteiger partial charge < -0.3 is 10.1 Å². The van der Waals surface area contributed by atoms with Crippen LogP contribution in [0.1, 0.15) is 23.0 Å². The van der Waals surface area contributed by atoms with Crippen molar-refractivity contribution in [3.63, 3.8) is 0 Å². The second-order valence-electron chi connectivity index (χ2n) is 6.30. The lowest BCUT2D eigenvalue weighted by molar-refractivity contribution is -0.113. The molecule has 0 spiro atoms. The number of amides is 2. The van der Waals surface area contributed by atoms with Gasteiger partial charge >= 0.3 is 0 Å². The van der Waals surface area contributed by atoms with E-state index in [1.54, 1.807) is 43.1 Å². The van der Waals surface area contributed by atoms with Crippen molar-refractivity contribution in [2.75, 3.05) is 29.2 Å². The van der Waals surface area contributed by atoms with Crippen molar-refractivity contribution in [2.45, 2.75) is 17.6 Å². The first-order valence-corrected chi connectivity index (χ1v) is 12.6. The number of carbonyl (C=O) groups excluding carboxylic acids is 2. The molecule has 162 valence electrons. The van der Waals surface area contributed by atoms with Gasteiger partial charge in [-0.2, -0.15) is 0 Å². The van der Waals surface area contributed by atoms with Gasteiger partial charge in [-0.1, -0.05) is 19.1 Å². The highest BCUT2D eigenvalue weighted by molar-refractivity contribution is 7.99. The number of thiazole rings is 1. The Morgan fingerprint density at radius 1 is 1.10 bits per heavy atom. The van der Waals surface area contributed by atoms with E-state index in [0.29, 0.717) is 22.2 Å². The largest absolute Gasteiger partial charge is 0.497 e. The SMILES string of the molecule is CCSc1ccccc1C(=O)Nc1nc(CSCC(=O)Nc2ccc(OC)cc2)cs1. The lowest BCUT2D eigenvalue weighted by Gasteiger charge is -2.07. The van der Waals surface area contributed by atoms with Gasteiger partial charge in [0.1, 0.15) is 5.75 Å². The van der Waals surface area contributed by atoms with Crippen LogP contribution < -0.4 is 15.4 Å². The Bertz CT molecular complexity index is 1020. The van der Waals surface area contributed by atoms with E-state index >= 15 is 0 Å². The fraction of sp³-hybridized carbons (Fsp3) is 0.227.